The summed E-state index contributed by atoms with van der Waals surface area (Å²) in [4.78, 5) is 6.72. The van der Waals surface area contributed by atoms with Gasteiger partial charge in [-0.3, -0.25) is 0 Å². The van der Waals surface area contributed by atoms with E-state index in [0.29, 0.717) is 13.1 Å². The zero-order chi connectivity index (χ0) is 14.2. The first-order valence-electron chi connectivity index (χ1n) is 7.25. The van der Waals surface area contributed by atoms with Crippen LogP contribution >= 0.6 is 0 Å². The summed E-state index contributed by atoms with van der Waals surface area (Å²) in [6, 6.07) is 5.98. The second-order valence-electron chi connectivity index (χ2n) is 5.62. The minimum absolute atomic E-state index is 0.105. The van der Waals surface area contributed by atoms with Crippen molar-refractivity contribution < 1.29 is 8.42 Å². The molecule has 0 unspecified atom stereocenters. The van der Waals surface area contributed by atoms with Crippen LogP contribution in [0.2, 0.25) is 0 Å². The molecule has 2 heterocycles. The lowest BCUT2D eigenvalue weighted by atomic mass is 10.3. The molecule has 6 heteroatoms. The second kappa shape index (κ2) is 5.33. The molecule has 0 aromatic carbocycles. The van der Waals surface area contributed by atoms with Crippen molar-refractivity contribution in [2.24, 2.45) is 0 Å². The van der Waals surface area contributed by atoms with Crippen LogP contribution in [0.3, 0.4) is 0 Å². The lowest BCUT2D eigenvalue weighted by molar-refractivity contribution is 0.432. The zero-order valence-corrected chi connectivity index (χ0v) is 12.6. The molecule has 2 fully saturated rings. The van der Waals surface area contributed by atoms with Crippen molar-refractivity contribution in [2.45, 2.75) is 31.4 Å². The summed E-state index contributed by atoms with van der Waals surface area (Å²) < 4.78 is 26.3. The normalized spacial score (nSPS) is 21.8. The molecule has 1 aliphatic carbocycles. The van der Waals surface area contributed by atoms with Crippen LogP contribution in [-0.2, 0) is 10.0 Å². The molecular weight excluding hydrogens is 274 g/mol. The molecule has 1 aromatic rings. The number of aromatic nitrogens is 1. The number of hydrogen-bond donors (Lipinski definition) is 0. The predicted molar refractivity (Wildman–Crippen MR) is 79.3 cm³/mol. The fourth-order valence-corrected chi connectivity index (χ4v) is 4.53. The minimum Gasteiger partial charge on any atom is -0.355 e. The molecule has 0 spiro atoms. The van der Waals surface area contributed by atoms with Crippen molar-refractivity contribution in [2.75, 3.05) is 31.1 Å². The molecule has 20 heavy (non-hydrogen) atoms. The number of sulfonamides is 1. The van der Waals surface area contributed by atoms with Crippen molar-refractivity contribution in [3.63, 3.8) is 0 Å². The second-order valence-corrected chi connectivity index (χ2v) is 7.83. The lowest BCUT2D eigenvalue weighted by Crippen LogP contribution is -2.37. The highest BCUT2D eigenvalue weighted by Gasteiger charge is 2.40. The summed E-state index contributed by atoms with van der Waals surface area (Å²) in [5, 5.41) is -0.105. The van der Waals surface area contributed by atoms with Gasteiger partial charge in [0.05, 0.1) is 5.25 Å². The van der Waals surface area contributed by atoms with Crippen LogP contribution in [0.5, 0.6) is 0 Å². The summed E-state index contributed by atoms with van der Waals surface area (Å²) in [5.41, 5.74) is 0.995. The van der Waals surface area contributed by atoms with Gasteiger partial charge in [0.1, 0.15) is 5.82 Å². The first-order chi connectivity index (χ1) is 9.57. The monoisotopic (exact) mass is 295 g/mol. The van der Waals surface area contributed by atoms with Gasteiger partial charge in [-0.05, 0) is 38.3 Å². The Kier molecular flexibility index (Phi) is 3.69. The third-order valence-electron chi connectivity index (χ3n) is 3.96. The number of anilines is 1. The molecule has 3 rings (SSSR count). The number of pyridine rings is 1. The molecule has 1 saturated heterocycles. The molecule has 0 atom stereocenters. The minimum atomic E-state index is -3.04. The van der Waals surface area contributed by atoms with Gasteiger partial charge in [0, 0.05) is 31.9 Å². The van der Waals surface area contributed by atoms with Gasteiger partial charge in [0.25, 0.3) is 0 Å². The average Bonchev–Trinajstić information content (AvgIpc) is 3.25. The molecule has 0 bridgehead atoms. The first kappa shape index (κ1) is 13.8. The van der Waals surface area contributed by atoms with Crippen molar-refractivity contribution in [3.8, 4) is 0 Å². The molecule has 2 aliphatic rings. The van der Waals surface area contributed by atoms with E-state index in [1.807, 2.05) is 25.1 Å². The lowest BCUT2D eigenvalue weighted by Gasteiger charge is -2.22. The Morgan fingerprint density at radius 3 is 2.65 bits per heavy atom. The van der Waals surface area contributed by atoms with E-state index in [2.05, 4.69) is 9.88 Å². The zero-order valence-electron chi connectivity index (χ0n) is 11.8. The maximum atomic E-state index is 12.3. The molecule has 0 N–H and O–H groups in total. The molecule has 1 saturated carbocycles. The molecule has 5 nitrogen and oxygen atoms in total. The highest BCUT2D eigenvalue weighted by molar-refractivity contribution is 7.90. The maximum absolute atomic E-state index is 12.3. The van der Waals surface area contributed by atoms with E-state index in [1.54, 1.807) is 4.31 Å². The van der Waals surface area contributed by atoms with Gasteiger partial charge in [0.15, 0.2) is 0 Å². The fraction of sp³-hybridized carbons (Fsp3) is 0.643. The highest BCUT2D eigenvalue weighted by Crippen LogP contribution is 2.31. The smallest absolute Gasteiger partial charge is 0.217 e. The van der Waals surface area contributed by atoms with Crippen LogP contribution < -0.4 is 4.90 Å². The largest absolute Gasteiger partial charge is 0.355 e. The fourth-order valence-electron chi connectivity index (χ4n) is 2.66. The Morgan fingerprint density at radius 2 is 1.95 bits per heavy atom. The molecule has 110 valence electrons. The van der Waals surface area contributed by atoms with E-state index in [4.69, 9.17) is 0 Å². The SMILES string of the molecule is Cc1cccc(N2CCCN(S(=O)(=O)C3CC3)CC2)n1. The van der Waals surface area contributed by atoms with Gasteiger partial charge in [-0.15, -0.1) is 0 Å². The highest BCUT2D eigenvalue weighted by atomic mass is 32.2. The van der Waals surface area contributed by atoms with Crippen molar-refractivity contribution in [1.82, 2.24) is 9.29 Å². The van der Waals surface area contributed by atoms with E-state index >= 15 is 0 Å². The van der Waals surface area contributed by atoms with E-state index in [-0.39, 0.29) is 5.25 Å². The van der Waals surface area contributed by atoms with Crippen molar-refractivity contribution in [3.05, 3.63) is 23.9 Å². The summed E-state index contributed by atoms with van der Waals surface area (Å²) in [6.07, 6.45) is 2.53. The third kappa shape index (κ3) is 2.81. The summed E-state index contributed by atoms with van der Waals surface area (Å²) >= 11 is 0. The molecule has 0 radical (unpaired) electrons. The number of rotatable bonds is 3. The van der Waals surface area contributed by atoms with Gasteiger partial charge < -0.3 is 4.90 Å². The van der Waals surface area contributed by atoms with Gasteiger partial charge in [0.2, 0.25) is 10.0 Å². The Balaban J connectivity index is 1.71. The molecule has 1 aliphatic heterocycles. The van der Waals surface area contributed by atoms with Gasteiger partial charge in [-0.25, -0.2) is 13.4 Å². The molecular formula is C14H21N3O2S. The third-order valence-corrected chi connectivity index (χ3v) is 6.36. The number of aryl methyl sites for hydroxylation is 1. The van der Waals surface area contributed by atoms with Crippen LogP contribution in [0, 0.1) is 6.92 Å². The standard InChI is InChI=1S/C14H21N3O2S/c1-12-4-2-5-14(15-12)16-8-3-9-17(11-10-16)20(18,19)13-6-7-13/h2,4-5,13H,3,6-11H2,1H3. The van der Waals surface area contributed by atoms with E-state index < -0.39 is 10.0 Å². The van der Waals surface area contributed by atoms with Crippen LogP contribution in [0.4, 0.5) is 5.82 Å². The van der Waals surface area contributed by atoms with E-state index in [9.17, 15) is 8.42 Å². The Labute approximate surface area is 120 Å². The summed E-state index contributed by atoms with van der Waals surface area (Å²) in [5.74, 6) is 0.954. The van der Waals surface area contributed by atoms with E-state index in [1.165, 1.54) is 0 Å². The van der Waals surface area contributed by atoms with Crippen LogP contribution in [0.25, 0.3) is 0 Å². The molecule has 1 aromatic heterocycles. The first-order valence-corrected chi connectivity index (χ1v) is 8.75. The van der Waals surface area contributed by atoms with Gasteiger partial charge >= 0.3 is 0 Å². The van der Waals surface area contributed by atoms with Crippen LogP contribution in [0.1, 0.15) is 25.0 Å². The summed E-state index contributed by atoms with van der Waals surface area (Å²) in [7, 11) is -3.04. The van der Waals surface area contributed by atoms with Gasteiger partial charge in [-0.2, -0.15) is 4.31 Å². The summed E-state index contributed by atoms with van der Waals surface area (Å²) in [6.45, 7) is 4.79. The quantitative estimate of drug-likeness (QED) is 0.846. The van der Waals surface area contributed by atoms with Crippen molar-refractivity contribution >= 4 is 15.8 Å². The predicted octanol–water partition coefficient (Wildman–Crippen LogP) is 1.39. The van der Waals surface area contributed by atoms with Crippen molar-refractivity contribution in [1.29, 1.82) is 0 Å². The Morgan fingerprint density at radius 1 is 1.15 bits per heavy atom. The Bertz CT molecular complexity index is 584. The Hall–Kier alpha value is -1.14. The number of hydrogen-bond acceptors (Lipinski definition) is 4. The average molecular weight is 295 g/mol. The van der Waals surface area contributed by atoms with E-state index in [0.717, 1.165) is 43.9 Å². The maximum Gasteiger partial charge on any atom is 0.217 e. The number of nitrogens with zero attached hydrogens (tertiary/aromatic N) is 3. The van der Waals surface area contributed by atoms with Crippen LogP contribution in [-0.4, -0.2) is 49.1 Å². The topological polar surface area (TPSA) is 53.5 Å². The van der Waals surface area contributed by atoms with Gasteiger partial charge in [-0.1, -0.05) is 6.07 Å². The molecule has 0 amide bonds. The van der Waals surface area contributed by atoms with Crippen LogP contribution in [0.15, 0.2) is 18.2 Å².